The first-order chi connectivity index (χ1) is 7.64. The van der Waals surface area contributed by atoms with E-state index in [9.17, 15) is 9.90 Å². The number of hydrogen-bond acceptors (Lipinski definition) is 4. The highest BCUT2D eigenvalue weighted by atomic mass is 16.5. The number of carbonyl (C=O) groups is 1. The molecule has 0 aromatic carbocycles. The summed E-state index contributed by atoms with van der Waals surface area (Å²) in [6.45, 7) is 9.00. The second-order valence-electron chi connectivity index (χ2n) is 5.27. The molecule has 0 rings (SSSR count). The zero-order valence-electron chi connectivity index (χ0n) is 11.7. The monoisotopic (exact) mass is 243 g/mol. The molecule has 1 radical (unpaired) electrons. The van der Waals surface area contributed by atoms with Crippen molar-refractivity contribution < 1.29 is 19.3 Å². The van der Waals surface area contributed by atoms with Crippen LogP contribution in [0.4, 0.5) is 0 Å². The van der Waals surface area contributed by atoms with E-state index in [0.29, 0.717) is 6.42 Å². The molecule has 1 N–H and O–H groups in total. The van der Waals surface area contributed by atoms with Gasteiger partial charge >= 0.3 is 5.97 Å². The first kappa shape index (κ1) is 16.5. The predicted molar refractivity (Wildman–Crippen MR) is 67.9 cm³/mol. The van der Waals surface area contributed by atoms with Crippen molar-refractivity contribution in [3.05, 3.63) is 0 Å². The summed E-state index contributed by atoms with van der Waals surface area (Å²) in [6, 6.07) is 0. The Kier molecular flexibility index (Phi) is 6.20. The fourth-order valence-corrected chi connectivity index (χ4v) is 0.997. The number of hydrogen-bond donors (Lipinski definition) is 1. The van der Waals surface area contributed by atoms with E-state index >= 15 is 0 Å². The normalized spacial score (nSPS) is 14.3. The van der Waals surface area contributed by atoms with Gasteiger partial charge in [-0.25, -0.2) is 0 Å². The first-order valence-corrected chi connectivity index (χ1v) is 5.94. The molecule has 1 atom stereocenters. The molecule has 0 aliphatic heterocycles. The van der Waals surface area contributed by atoms with Crippen LogP contribution in [-0.4, -0.2) is 36.9 Å². The maximum absolute atomic E-state index is 11.2. The minimum absolute atomic E-state index is 0.00377. The predicted octanol–water partition coefficient (Wildman–Crippen LogP) is 1.93. The van der Waals surface area contributed by atoms with Crippen LogP contribution in [0.2, 0.25) is 5.82 Å². The van der Waals surface area contributed by atoms with Gasteiger partial charge in [0.1, 0.15) is 0 Å². The second kappa shape index (κ2) is 6.40. The molecule has 0 fully saturated rings. The summed E-state index contributed by atoms with van der Waals surface area (Å²) in [4.78, 5) is 11.2. The summed E-state index contributed by atoms with van der Waals surface area (Å²) in [7, 11) is 3.01. The smallest absolute Gasteiger partial charge is 0.305 e. The second-order valence-corrected chi connectivity index (χ2v) is 5.27. The van der Waals surface area contributed by atoms with Crippen LogP contribution >= 0.6 is 0 Å². The van der Waals surface area contributed by atoms with E-state index in [1.54, 1.807) is 21.3 Å². The van der Waals surface area contributed by atoms with Crippen molar-refractivity contribution in [2.24, 2.45) is 0 Å². The summed E-state index contributed by atoms with van der Waals surface area (Å²) >= 11 is 0. The van der Waals surface area contributed by atoms with Crippen molar-refractivity contribution in [1.82, 2.24) is 0 Å². The molecule has 0 aromatic heterocycles. The van der Waals surface area contributed by atoms with Gasteiger partial charge in [-0.3, -0.25) is 4.79 Å². The Labute approximate surface area is 105 Å². The Balaban J connectivity index is 4.28. The Morgan fingerprint density at radius 2 is 1.88 bits per heavy atom. The van der Waals surface area contributed by atoms with Crippen LogP contribution in [-0.2, 0) is 14.2 Å². The van der Waals surface area contributed by atoms with Gasteiger partial charge in [-0.05, 0) is 33.5 Å². The Morgan fingerprint density at radius 1 is 1.35 bits per heavy atom. The minimum atomic E-state index is -0.951. The molecule has 5 heteroatoms. The van der Waals surface area contributed by atoms with Gasteiger partial charge in [0.25, 0.3) is 7.48 Å². The molecule has 0 saturated heterocycles. The molecule has 0 amide bonds. The number of aliphatic hydroxyl groups is 1. The third kappa shape index (κ3) is 5.55. The van der Waals surface area contributed by atoms with E-state index in [-0.39, 0.29) is 11.8 Å². The number of rotatable bonds is 7. The van der Waals surface area contributed by atoms with E-state index in [1.165, 1.54) is 7.11 Å². The summed E-state index contributed by atoms with van der Waals surface area (Å²) in [5.41, 5.74) is -1.65. The highest BCUT2D eigenvalue weighted by Gasteiger charge is 2.36. The number of ether oxygens (including phenoxy) is 1. The van der Waals surface area contributed by atoms with E-state index in [1.807, 2.05) is 20.8 Å². The van der Waals surface area contributed by atoms with Crippen molar-refractivity contribution in [3.63, 3.8) is 0 Å². The molecule has 0 aliphatic rings. The van der Waals surface area contributed by atoms with Crippen LogP contribution in [0.3, 0.4) is 0 Å². The average Bonchev–Trinajstić information content (AvgIpc) is 2.22. The molecule has 0 heterocycles. The van der Waals surface area contributed by atoms with Crippen molar-refractivity contribution in [1.29, 1.82) is 0 Å². The van der Waals surface area contributed by atoms with Gasteiger partial charge in [0.15, 0.2) is 0 Å². The zero-order valence-corrected chi connectivity index (χ0v) is 11.7. The van der Waals surface area contributed by atoms with E-state index < -0.39 is 11.2 Å². The first-order valence-electron chi connectivity index (χ1n) is 5.94. The number of methoxy groups -OCH3 is 1. The maximum Gasteiger partial charge on any atom is 0.305 e. The molecular weight excluding hydrogens is 219 g/mol. The number of carbonyl (C=O) groups excluding carboxylic acids is 1. The van der Waals surface area contributed by atoms with Crippen molar-refractivity contribution in [2.75, 3.05) is 7.11 Å². The third-order valence-electron chi connectivity index (χ3n) is 3.21. The van der Waals surface area contributed by atoms with Crippen LogP contribution in [0.5, 0.6) is 0 Å². The van der Waals surface area contributed by atoms with Crippen molar-refractivity contribution in [3.8, 4) is 0 Å². The topological polar surface area (TPSA) is 55.8 Å². The summed E-state index contributed by atoms with van der Waals surface area (Å²) in [5, 5.41) is 9.92. The molecule has 0 spiro atoms. The van der Waals surface area contributed by atoms with Gasteiger partial charge in [0.05, 0.1) is 18.3 Å². The SMILES string of the molecule is CCC([B]OC(C)(C)C(C)(C)O)CC(=O)OC. The molecule has 4 nitrogen and oxygen atoms in total. The largest absolute Gasteiger partial charge is 0.469 e. The zero-order chi connectivity index (χ0) is 13.7. The number of esters is 1. The average molecular weight is 243 g/mol. The van der Waals surface area contributed by atoms with Gasteiger partial charge in [0.2, 0.25) is 0 Å². The summed E-state index contributed by atoms with van der Waals surface area (Å²) < 4.78 is 10.2. The van der Waals surface area contributed by atoms with Crippen LogP contribution < -0.4 is 0 Å². The van der Waals surface area contributed by atoms with Gasteiger partial charge in [0, 0.05) is 6.42 Å². The standard InChI is InChI=1S/C12H24BO4/c1-7-9(8-10(14)16-6)13-17-12(4,5)11(2,3)15/h9,15H,7-8H2,1-6H3. The van der Waals surface area contributed by atoms with E-state index in [2.05, 4.69) is 4.74 Å². The quantitative estimate of drug-likeness (QED) is 0.548. The molecule has 0 saturated carbocycles. The van der Waals surface area contributed by atoms with E-state index in [0.717, 1.165) is 6.42 Å². The fourth-order valence-electron chi connectivity index (χ4n) is 0.997. The van der Waals surface area contributed by atoms with Gasteiger partial charge in [-0.2, -0.15) is 0 Å². The minimum Gasteiger partial charge on any atom is -0.469 e. The van der Waals surface area contributed by atoms with Crippen molar-refractivity contribution in [2.45, 2.75) is 64.5 Å². The Morgan fingerprint density at radius 3 is 2.24 bits per heavy atom. The van der Waals surface area contributed by atoms with Gasteiger partial charge in [-0.15, -0.1) is 0 Å². The van der Waals surface area contributed by atoms with Crippen LogP contribution in [0, 0.1) is 0 Å². The molecule has 99 valence electrons. The molecule has 0 aliphatic carbocycles. The molecular formula is C12H24BO4. The van der Waals surface area contributed by atoms with Crippen LogP contribution in [0.1, 0.15) is 47.5 Å². The molecule has 0 aromatic rings. The maximum atomic E-state index is 11.2. The molecule has 1 unspecified atom stereocenters. The van der Waals surface area contributed by atoms with Gasteiger partial charge < -0.3 is 14.5 Å². The Hall–Kier alpha value is -0.545. The third-order valence-corrected chi connectivity index (χ3v) is 3.21. The lowest BCUT2D eigenvalue weighted by Crippen LogP contribution is -2.48. The summed E-state index contributed by atoms with van der Waals surface area (Å²) in [5.74, 6) is -0.248. The van der Waals surface area contributed by atoms with Crippen LogP contribution in [0.15, 0.2) is 0 Å². The van der Waals surface area contributed by atoms with Gasteiger partial charge in [-0.1, -0.05) is 13.3 Å². The van der Waals surface area contributed by atoms with Crippen molar-refractivity contribution >= 4 is 13.5 Å². The van der Waals surface area contributed by atoms with Crippen LogP contribution in [0.25, 0.3) is 0 Å². The Bertz CT molecular complexity index is 245. The molecule has 0 bridgehead atoms. The summed E-state index contributed by atoms with van der Waals surface area (Å²) in [6.07, 6.45) is 1.09. The highest BCUT2D eigenvalue weighted by Crippen LogP contribution is 2.27. The fraction of sp³-hybridized carbons (Fsp3) is 0.917. The highest BCUT2D eigenvalue weighted by molar-refractivity contribution is 6.30. The lowest BCUT2D eigenvalue weighted by Gasteiger charge is -2.38. The lowest BCUT2D eigenvalue weighted by molar-refractivity contribution is -0.140. The lowest BCUT2D eigenvalue weighted by atomic mass is 9.74. The molecule has 17 heavy (non-hydrogen) atoms. The van der Waals surface area contributed by atoms with E-state index in [4.69, 9.17) is 4.65 Å².